The standard InChI is InChI=1S/C23H25F2NO3/c1-28-20-14-18(7-6-17(20)15-21(24)25)22(27)26-12-10-23(11-13-26)9-8-16-4-2-3-5-19(16)29-23/h2-7,14,21H,8-13,15H2,1H3. The summed E-state index contributed by atoms with van der Waals surface area (Å²) in [6, 6.07) is 12.9. The van der Waals surface area contributed by atoms with Crippen molar-refractivity contribution in [2.75, 3.05) is 20.2 Å². The number of alkyl halides is 2. The van der Waals surface area contributed by atoms with Crippen LogP contribution >= 0.6 is 0 Å². The first kappa shape index (κ1) is 19.7. The third-order valence-electron chi connectivity index (χ3n) is 6.02. The summed E-state index contributed by atoms with van der Waals surface area (Å²) in [5.41, 5.74) is 1.91. The van der Waals surface area contributed by atoms with Crippen molar-refractivity contribution in [1.29, 1.82) is 0 Å². The SMILES string of the molecule is COc1cc(C(=O)N2CCC3(CCc4ccccc4O3)CC2)ccc1CC(F)F. The summed E-state index contributed by atoms with van der Waals surface area (Å²) in [6.07, 6.45) is 0.684. The van der Waals surface area contributed by atoms with E-state index in [4.69, 9.17) is 9.47 Å². The molecule has 0 N–H and O–H groups in total. The molecule has 2 heterocycles. The summed E-state index contributed by atoms with van der Waals surface area (Å²) in [7, 11) is 1.43. The van der Waals surface area contributed by atoms with E-state index in [0.717, 1.165) is 31.4 Å². The predicted octanol–water partition coefficient (Wildman–Crippen LogP) is 4.50. The first-order chi connectivity index (χ1) is 14.0. The maximum absolute atomic E-state index is 13.0. The molecule has 1 amide bonds. The topological polar surface area (TPSA) is 38.8 Å². The third kappa shape index (κ3) is 4.07. The van der Waals surface area contributed by atoms with Crippen molar-refractivity contribution < 1.29 is 23.0 Å². The van der Waals surface area contributed by atoms with Crippen LogP contribution in [0.4, 0.5) is 8.78 Å². The molecule has 4 nitrogen and oxygen atoms in total. The monoisotopic (exact) mass is 401 g/mol. The lowest BCUT2D eigenvalue weighted by Gasteiger charge is -2.44. The van der Waals surface area contributed by atoms with Crippen LogP contribution < -0.4 is 9.47 Å². The highest BCUT2D eigenvalue weighted by atomic mass is 19.3. The largest absolute Gasteiger partial charge is 0.496 e. The molecule has 1 fully saturated rings. The van der Waals surface area contributed by atoms with E-state index in [1.165, 1.54) is 12.7 Å². The van der Waals surface area contributed by atoms with E-state index in [1.807, 2.05) is 23.1 Å². The summed E-state index contributed by atoms with van der Waals surface area (Å²) in [6.45, 7) is 1.23. The number of methoxy groups -OCH3 is 1. The van der Waals surface area contributed by atoms with Gasteiger partial charge >= 0.3 is 0 Å². The smallest absolute Gasteiger partial charge is 0.253 e. The van der Waals surface area contributed by atoms with Crippen molar-refractivity contribution in [3.05, 3.63) is 59.2 Å². The number of likely N-dealkylation sites (tertiary alicyclic amines) is 1. The van der Waals surface area contributed by atoms with E-state index < -0.39 is 6.43 Å². The highest BCUT2D eigenvalue weighted by molar-refractivity contribution is 5.94. The normalized spacial score (nSPS) is 17.7. The van der Waals surface area contributed by atoms with E-state index in [9.17, 15) is 13.6 Å². The Labute approximate surface area is 169 Å². The molecule has 0 radical (unpaired) electrons. The Hall–Kier alpha value is -2.63. The lowest BCUT2D eigenvalue weighted by molar-refractivity contribution is -0.0107. The second-order valence-electron chi connectivity index (χ2n) is 7.81. The zero-order valence-electron chi connectivity index (χ0n) is 16.5. The third-order valence-corrected chi connectivity index (χ3v) is 6.02. The summed E-state index contributed by atoms with van der Waals surface area (Å²) < 4.78 is 37.0. The molecule has 2 aromatic rings. The molecule has 29 heavy (non-hydrogen) atoms. The Morgan fingerprint density at radius 1 is 1.17 bits per heavy atom. The van der Waals surface area contributed by atoms with E-state index in [0.29, 0.717) is 30.0 Å². The Morgan fingerprint density at radius 3 is 2.66 bits per heavy atom. The number of carbonyl (C=O) groups is 1. The van der Waals surface area contributed by atoms with Crippen molar-refractivity contribution in [3.63, 3.8) is 0 Å². The second-order valence-corrected chi connectivity index (χ2v) is 7.81. The molecule has 2 aliphatic rings. The van der Waals surface area contributed by atoms with Gasteiger partial charge in [0.15, 0.2) is 0 Å². The number of rotatable bonds is 4. The Bertz CT molecular complexity index is 891. The van der Waals surface area contributed by atoms with Crippen LogP contribution in [-0.4, -0.2) is 43.0 Å². The molecule has 0 aliphatic carbocycles. The average Bonchev–Trinajstić information content (AvgIpc) is 2.73. The first-order valence-corrected chi connectivity index (χ1v) is 10.0. The minimum atomic E-state index is -2.45. The van der Waals surface area contributed by atoms with Crippen LogP contribution in [0.15, 0.2) is 42.5 Å². The number of carbonyl (C=O) groups excluding carboxylic acids is 1. The lowest BCUT2D eigenvalue weighted by atomic mass is 9.83. The van der Waals surface area contributed by atoms with Gasteiger partial charge in [0.25, 0.3) is 5.91 Å². The van der Waals surface area contributed by atoms with Crippen LogP contribution in [0.25, 0.3) is 0 Å². The van der Waals surface area contributed by atoms with Crippen LogP contribution in [0.5, 0.6) is 11.5 Å². The first-order valence-electron chi connectivity index (χ1n) is 10.0. The molecular weight excluding hydrogens is 376 g/mol. The van der Waals surface area contributed by atoms with Crippen molar-refractivity contribution in [2.24, 2.45) is 0 Å². The quantitative estimate of drug-likeness (QED) is 0.757. The number of benzene rings is 2. The summed E-state index contributed by atoms with van der Waals surface area (Å²) in [5, 5.41) is 0. The van der Waals surface area contributed by atoms with E-state index in [-0.39, 0.29) is 17.9 Å². The van der Waals surface area contributed by atoms with Gasteiger partial charge in [0, 0.05) is 37.9 Å². The van der Waals surface area contributed by atoms with Crippen molar-refractivity contribution in [3.8, 4) is 11.5 Å². The maximum atomic E-state index is 13.0. The molecule has 0 atom stereocenters. The summed E-state index contributed by atoms with van der Waals surface area (Å²) in [4.78, 5) is 14.8. The van der Waals surface area contributed by atoms with Gasteiger partial charge in [-0.3, -0.25) is 4.79 Å². The number of ether oxygens (including phenoxy) is 2. The van der Waals surface area contributed by atoms with E-state index >= 15 is 0 Å². The molecule has 1 saturated heterocycles. The molecule has 154 valence electrons. The molecule has 0 bridgehead atoms. The number of hydrogen-bond acceptors (Lipinski definition) is 3. The molecule has 6 heteroatoms. The number of para-hydroxylation sites is 1. The van der Waals surface area contributed by atoms with Crippen LogP contribution in [0, 0.1) is 0 Å². The molecule has 2 aliphatic heterocycles. The van der Waals surface area contributed by atoms with Crippen LogP contribution in [-0.2, 0) is 12.8 Å². The van der Waals surface area contributed by atoms with Crippen molar-refractivity contribution in [1.82, 2.24) is 4.90 Å². The molecule has 4 rings (SSSR count). The van der Waals surface area contributed by atoms with Gasteiger partial charge < -0.3 is 14.4 Å². The van der Waals surface area contributed by atoms with Crippen molar-refractivity contribution in [2.45, 2.75) is 44.1 Å². The fraction of sp³-hybridized carbons (Fsp3) is 0.435. The van der Waals surface area contributed by atoms with E-state index in [1.54, 1.807) is 18.2 Å². The predicted molar refractivity (Wildman–Crippen MR) is 106 cm³/mol. The van der Waals surface area contributed by atoms with Gasteiger partial charge in [0.05, 0.1) is 7.11 Å². The molecule has 2 aromatic carbocycles. The van der Waals surface area contributed by atoms with E-state index in [2.05, 4.69) is 6.07 Å². The fourth-order valence-electron chi connectivity index (χ4n) is 4.32. The number of piperidine rings is 1. The van der Waals surface area contributed by atoms with Gasteiger partial charge in [-0.1, -0.05) is 24.3 Å². The zero-order valence-corrected chi connectivity index (χ0v) is 16.5. The zero-order chi connectivity index (χ0) is 20.4. The number of aryl methyl sites for hydroxylation is 1. The van der Waals surface area contributed by atoms with Gasteiger partial charge in [-0.25, -0.2) is 8.78 Å². The summed E-state index contributed by atoms with van der Waals surface area (Å²) in [5.74, 6) is 1.19. The van der Waals surface area contributed by atoms with Gasteiger partial charge in [0.2, 0.25) is 6.43 Å². The number of fused-ring (bicyclic) bond motifs is 1. The highest BCUT2D eigenvalue weighted by Gasteiger charge is 2.40. The van der Waals surface area contributed by atoms with Crippen LogP contribution in [0.2, 0.25) is 0 Å². The van der Waals surface area contributed by atoms with Gasteiger partial charge in [-0.05, 0) is 42.2 Å². The number of hydrogen-bond donors (Lipinski definition) is 0. The Morgan fingerprint density at radius 2 is 1.93 bits per heavy atom. The molecular formula is C23H25F2NO3. The van der Waals surface area contributed by atoms with Gasteiger partial charge in [0.1, 0.15) is 17.1 Å². The maximum Gasteiger partial charge on any atom is 0.253 e. The average molecular weight is 401 g/mol. The molecule has 0 saturated carbocycles. The van der Waals surface area contributed by atoms with Crippen LogP contribution in [0.1, 0.15) is 40.7 Å². The fourth-order valence-corrected chi connectivity index (χ4v) is 4.32. The molecule has 1 spiro atoms. The molecule has 0 aromatic heterocycles. The van der Waals surface area contributed by atoms with Crippen LogP contribution in [0.3, 0.4) is 0 Å². The second kappa shape index (κ2) is 8.01. The molecule has 0 unspecified atom stereocenters. The lowest BCUT2D eigenvalue weighted by Crippen LogP contribution is -2.51. The number of halogens is 2. The minimum Gasteiger partial charge on any atom is -0.496 e. The van der Waals surface area contributed by atoms with Gasteiger partial charge in [-0.15, -0.1) is 0 Å². The Kier molecular flexibility index (Phi) is 5.43. The van der Waals surface area contributed by atoms with Crippen molar-refractivity contribution >= 4 is 5.91 Å². The minimum absolute atomic E-state index is 0.0991. The Balaban J connectivity index is 1.43. The van der Waals surface area contributed by atoms with Gasteiger partial charge in [-0.2, -0.15) is 0 Å². The highest BCUT2D eigenvalue weighted by Crippen LogP contribution is 2.39. The summed E-state index contributed by atoms with van der Waals surface area (Å²) >= 11 is 0. The number of nitrogens with zero attached hydrogens (tertiary/aromatic N) is 1. The number of amides is 1.